The molecule has 7 nitrogen and oxygen atoms in total. The van der Waals surface area contributed by atoms with Crippen LogP contribution in [0.5, 0.6) is 28.7 Å². The first-order valence-corrected chi connectivity index (χ1v) is 8.61. The monoisotopic (exact) mass is 377 g/mol. The third-order valence-electron chi connectivity index (χ3n) is 4.31. The molecule has 0 saturated carbocycles. The lowest BCUT2D eigenvalue weighted by molar-refractivity contribution is 0.170. The highest BCUT2D eigenvalue weighted by atomic mass is 16.5. The number of methoxy groups -OCH3 is 3. The zero-order valence-electron chi connectivity index (χ0n) is 16.0. The molecule has 0 aliphatic rings. The van der Waals surface area contributed by atoms with Crippen molar-refractivity contribution in [1.29, 1.82) is 0 Å². The van der Waals surface area contributed by atoms with Gasteiger partial charge in [-0.1, -0.05) is 6.07 Å². The largest absolute Gasteiger partial charge is 0.504 e. The Hall–Kier alpha value is -2.64. The average molecular weight is 377 g/mol. The second-order valence-corrected chi connectivity index (χ2v) is 6.31. The number of rotatable bonds is 9. The van der Waals surface area contributed by atoms with Gasteiger partial charge >= 0.3 is 0 Å². The van der Waals surface area contributed by atoms with E-state index in [0.29, 0.717) is 35.8 Å². The maximum absolute atomic E-state index is 10.3. The van der Waals surface area contributed by atoms with Gasteiger partial charge in [-0.25, -0.2) is 0 Å². The molecule has 2 aromatic rings. The molecule has 7 heteroatoms. The van der Waals surface area contributed by atoms with E-state index in [-0.39, 0.29) is 17.5 Å². The van der Waals surface area contributed by atoms with Crippen molar-refractivity contribution >= 4 is 0 Å². The quantitative estimate of drug-likeness (QED) is 0.498. The van der Waals surface area contributed by atoms with Gasteiger partial charge in [0.15, 0.2) is 23.0 Å². The Kier molecular flexibility index (Phi) is 7.15. The van der Waals surface area contributed by atoms with Crippen molar-refractivity contribution in [2.75, 3.05) is 27.9 Å². The van der Waals surface area contributed by atoms with Gasteiger partial charge in [0.2, 0.25) is 5.75 Å². The lowest BCUT2D eigenvalue weighted by atomic mass is 10.0. The van der Waals surface area contributed by atoms with E-state index in [2.05, 4.69) is 5.32 Å². The molecule has 0 saturated heterocycles. The minimum Gasteiger partial charge on any atom is -0.504 e. The van der Waals surface area contributed by atoms with E-state index in [1.54, 1.807) is 27.4 Å². The molecule has 0 radical (unpaired) electrons. The van der Waals surface area contributed by atoms with Gasteiger partial charge in [0.25, 0.3) is 0 Å². The lowest BCUT2D eigenvalue weighted by Gasteiger charge is -2.19. The van der Waals surface area contributed by atoms with Crippen LogP contribution in [0.25, 0.3) is 0 Å². The van der Waals surface area contributed by atoms with Crippen LogP contribution in [0.2, 0.25) is 0 Å². The average Bonchev–Trinajstić information content (AvgIpc) is 2.67. The van der Waals surface area contributed by atoms with Gasteiger partial charge in [0.05, 0.1) is 27.4 Å². The molecule has 0 aliphatic heterocycles. The SMILES string of the molecule is COc1cc(CC(C)NCC(O)c2ccc(O)c(O)c2)cc(OC)c1OC. The number of aromatic hydroxyl groups is 2. The van der Waals surface area contributed by atoms with Gasteiger partial charge in [-0.3, -0.25) is 0 Å². The van der Waals surface area contributed by atoms with Crippen LogP contribution in [0.15, 0.2) is 30.3 Å². The van der Waals surface area contributed by atoms with E-state index >= 15 is 0 Å². The fourth-order valence-corrected chi connectivity index (χ4v) is 2.86. The van der Waals surface area contributed by atoms with E-state index in [1.165, 1.54) is 12.1 Å². The minimum absolute atomic E-state index is 0.0631. The molecule has 2 unspecified atom stereocenters. The number of phenols is 2. The van der Waals surface area contributed by atoms with E-state index < -0.39 is 6.10 Å². The Morgan fingerprint density at radius 1 is 0.926 bits per heavy atom. The molecule has 0 spiro atoms. The summed E-state index contributed by atoms with van der Waals surface area (Å²) in [6.07, 6.45) is -0.122. The number of ether oxygens (including phenoxy) is 3. The van der Waals surface area contributed by atoms with Crippen LogP contribution in [0, 0.1) is 0 Å². The van der Waals surface area contributed by atoms with Crippen molar-refractivity contribution in [3.05, 3.63) is 41.5 Å². The minimum atomic E-state index is -0.807. The van der Waals surface area contributed by atoms with Crippen molar-refractivity contribution in [2.45, 2.75) is 25.5 Å². The summed E-state index contributed by atoms with van der Waals surface area (Å²) in [5.41, 5.74) is 1.53. The number of nitrogens with one attached hydrogen (secondary N) is 1. The second-order valence-electron chi connectivity index (χ2n) is 6.31. The third kappa shape index (κ3) is 5.18. The summed E-state index contributed by atoms with van der Waals surface area (Å²) in [5, 5.41) is 32.4. The summed E-state index contributed by atoms with van der Waals surface area (Å²) in [6.45, 7) is 2.31. The molecule has 2 aromatic carbocycles. The number of aliphatic hydroxyl groups excluding tert-OH is 1. The molecule has 27 heavy (non-hydrogen) atoms. The Balaban J connectivity index is 2.00. The third-order valence-corrected chi connectivity index (χ3v) is 4.31. The Bertz CT molecular complexity index is 739. The van der Waals surface area contributed by atoms with E-state index in [1.807, 2.05) is 19.1 Å². The van der Waals surface area contributed by atoms with Crippen molar-refractivity contribution in [3.63, 3.8) is 0 Å². The molecule has 0 amide bonds. The molecule has 0 aliphatic carbocycles. The van der Waals surface area contributed by atoms with Gasteiger partial charge < -0.3 is 34.8 Å². The fourth-order valence-electron chi connectivity index (χ4n) is 2.86. The second kappa shape index (κ2) is 9.34. The number of phenolic OH excluding ortho intramolecular Hbond substituents is 2. The molecular formula is C20H27NO6. The maximum atomic E-state index is 10.3. The predicted molar refractivity (Wildman–Crippen MR) is 102 cm³/mol. The van der Waals surface area contributed by atoms with Crippen LogP contribution >= 0.6 is 0 Å². The number of hydrogen-bond acceptors (Lipinski definition) is 7. The molecule has 0 aromatic heterocycles. The Labute approximate surface area is 159 Å². The van der Waals surface area contributed by atoms with Crippen LogP contribution in [-0.2, 0) is 6.42 Å². The predicted octanol–water partition coefficient (Wildman–Crippen LogP) is 2.38. The lowest BCUT2D eigenvalue weighted by Crippen LogP contribution is -2.32. The van der Waals surface area contributed by atoms with E-state index in [9.17, 15) is 15.3 Å². The summed E-state index contributed by atoms with van der Waals surface area (Å²) >= 11 is 0. The van der Waals surface area contributed by atoms with Gasteiger partial charge in [0, 0.05) is 12.6 Å². The first-order chi connectivity index (χ1) is 12.9. The molecule has 0 heterocycles. The first-order valence-electron chi connectivity index (χ1n) is 8.61. The van der Waals surface area contributed by atoms with E-state index in [4.69, 9.17) is 14.2 Å². The highest BCUT2D eigenvalue weighted by Gasteiger charge is 2.16. The number of hydrogen-bond donors (Lipinski definition) is 4. The maximum Gasteiger partial charge on any atom is 0.203 e. The van der Waals surface area contributed by atoms with E-state index in [0.717, 1.165) is 5.56 Å². The molecule has 4 N–H and O–H groups in total. The zero-order valence-corrected chi connectivity index (χ0v) is 16.0. The summed E-state index contributed by atoms with van der Waals surface area (Å²) in [6, 6.07) is 8.14. The van der Waals surface area contributed by atoms with Crippen molar-refractivity contribution in [1.82, 2.24) is 5.32 Å². The van der Waals surface area contributed by atoms with Crippen LogP contribution in [0.1, 0.15) is 24.2 Å². The highest BCUT2D eigenvalue weighted by molar-refractivity contribution is 5.54. The van der Waals surface area contributed by atoms with Gasteiger partial charge in [-0.15, -0.1) is 0 Å². The molecule has 0 bridgehead atoms. The standard InChI is InChI=1S/C20H27NO6/c1-12(21-11-17(24)14-5-6-15(22)16(23)10-14)7-13-8-18(25-2)20(27-4)19(9-13)26-3/h5-6,8-10,12,17,21-24H,7,11H2,1-4H3. The molecule has 0 fully saturated rings. The van der Waals surface area contributed by atoms with Crippen LogP contribution in [0.3, 0.4) is 0 Å². The van der Waals surface area contributed by atoms with Crippen LogP contribution < -0.4 is 19.5 Å². The molecule has 2 atom stereocenters. The normalized spacial score (nSPS) is 13.1. The van der Waals surface area contributed by atoms with Crippen molar-refractivity contribution in [2.24, 2.45) is 0 Å². The summed E-state index contributed by atoms with van der Waals surface area (Å²) < 4.78 is 16.1. The molecule has 2 rings (SSSR count). The van der Waals surface area contributed by atoms with Crippen LogP contribution in [0.4, 0.5) is 0 Å². The van der Waals surface area contributed by atoms with Crippen molar-refractivity contribution < 1.29 is 29.5 Å². The Morgan fingerprint density at radius 2 is 1.56 bits per heavy atom. The number of aliphatic hydroxyl groups is 1. The first kappa shape index (κ1) is 20.7. The zero-order chi connectivity index (χ0) is 20.0. The molecular weight excluding hydrogens is 350 g/mol. The summed E-state index contributed by atoms with van der Waals surface area (Å²) in [4.78, 5) is 0. The topological polar surface area (TPSA) is 100 Å². The molecule has 148 valence electrons. The van der Waals surface area contributed by atoms with Gasteiger partial charge in [-0.2, -0.15) is 0 Å². The number of benzene rings is 2. The van der Waals surface area contributed by atoms with Gasteiger partial charge in [0.1, 0.15) is 0 Å². The smallest absolute Gasteiger partial charge is 0.203 e. The van der Waals surface area contributed by atoms with Crippen LogP contribution in [-0.4, -0.2) is 49.2 Å². The van der Waals surface area contributed by atoms with Gasteiger partial charge in [-0.05, 0) is 48.7 Å². The summed E-state index contributed by atoms with van der Waals surface area (Å²) in [7, 11) is 4.71. The Morgan fingerprint density at radius 3 is 2.07 bits per heavy atom. The fraction of sp³-hybridized carbons (Fsp3) is 0.400. The highest BCUT2D eigenvalue weighted by Crippen LogP contribution is 2.38. The van der Waals surface area contributed by atoms with Crippen molar-refractivity contribution in [3.8, 4) is 28.7 Å². The summed E-state index contributed by atoms with van der Waals surface area (Å²) in [5.74, 6) is 1.27.